The SMILES string of the molecule is CCS(=O)(=O)c1cc(/C(Cl)=N/O)cnc1-c1nc2cc(SC(F)(F)F)ccc2o1.CCS(=O)(=O)c1cc(/C=N/O)cnc1-c1nc2cc(SC(F)(F)F)ccc2o1. The highest BCUT2D eigenvalue weighted by atomic mass is 35.5. The van der Waals surface area contributed by atoms with E-state index in [0.29, 0.717) is 0 Å². The Morgan fingerprint density at radius 1 is 0.754 bits per heavy atom. The maximum absolute atomic E-state index is 12.6. The lowest BCUT2D eigenvalue weighted by Gasteiger charge is -2.07. The molecule has 302 valence electrons. The lowest BCUT2D eigenvalue weighted by Crippen LogP contribution is -2.09. The Kier molecular flexibility index (Phi) is 12.8. The number of benzene rings is 2. The van der Waals surface area contributed by atoms with Crippen molar-refractivity contribution in [3.05, 3.63) is 72.1 Å². The Morgan fingerprint density at radius 3 is 1.63 bits per heavy atom. The second-order valence-corrected chi connectivity index (χ2v) is 18.1. The fraction of sp³-hybridized carbons (Fsp3) is 0.188. The van der Waals surface area contributed by atoms with Gasteiger partial charge in [0.15, 0.2) is 36.0 Å². The Labute approximate surface area is 330 Å². The number of aromatic nitrogens is 4. The predicted molar refractivity (Wildman–Crippen MR) is 197 cm³/mol. The van der Waals surface area contributed by atoms with Crippen LogP contribution in [-0.4, -0.2) is 81.1 Å². The van der Waals surface area contributed by atoms with Crippen LogP contribution in [0.3, 0.4) is 0 Å². The maximum Gasteiger partial charge on any atom is 0.446 e. The van der Waals surface area contributed by atoms with Crippen LogP contribution in [-0.2, 0) is 19.7 Å². The second-order valence-electron chi connectivity index (χ2n) is 11.0. The summed E-state index contributed by atoms with van der Waals surface area (Å²) >= 11 is 5.12. The molecule has 0 bridgehead atoms. The number of alkyl halides is 6. The van der Waals surface area contributed by atoms with Crippen molar-refractivity contribution in [2.45, 2.75) is 44.4 Å². The molecule has 6 rings (SSSR count). The number of sulfone groups is 2. The molecule has 0 radical (unpaired) electrons. The Bertz CT molecular complexity index is 2740. The van der Waals surface area contributed by atoms with Crippen molar-refractivity contribution < 1.29 is 62.4 Å². The maximum atomic E-state index is 12.6. The number of pyridine rings is 2. The van der Waals surface area contributed by atoms with Gasteiger partial charge < -0.3 is 19.2 Å². The Balaban J connectivity index is 0.000000218. The summed E-state index contributed by atoms with van der Waals surface area (Å²) in [6, 6.07) is 9.85. The zero-order valence-corrected chi connectivity index (χ0v) is 32.6. The van der Waals surface area contributed by atoms with E-state index < -0.39 is 30.7 Å². The first-order chi connectivity index (χ1) is 26.7. The van der Waals surface area contributed by atoms with Gasteiger partial charge in [0.25, 0.3) is 0 Å². The van der Waals surface area contributed by atoms with Crippen molar-refractivity contribution in [3.8, 4) is 23.2 Å². The van der Waals surface area contributed by atoms with Crippen LogP contribution in [0.4, 0.5) is 26.3 Å². The number of fused-ring (bicyclic) bond motifs is 2. The summed E-state index contributed by atoms with van der Waals surface area (Å²) in [6.07, 6.45) is 3.42. The van der Waals surface area contributed by atoms with Crippen LogP contribution in [0.2, 0.25) is 0 Å². The molecule has 14 nitrogen and oxygen atoms in total. The van der Waals surface area contributed by atoms with Gasteiger partial charge in [-0.15, -0.1) is 0 Å². The number of rotatable bonds is 10. The van der Waals surface area contributed by atoms with E-state index in [-0.39, 0.29) is 116 Å². The number of oxazole rings is 2. The standard InChI is InChI=1S/C16H11ClF3N3O4S2.C16H12F3N3O4S2/c1-2-29(25,26)12-5-8(14(17)23-24)7-21-13(12)15-22-10-6-9(28-16(18,19)20)3-4-11(10)27-15;1-2-28(24,25)13-5-9(8-21-23)7-20-14(13)15-22-11-6-10(27-16(17,18)19)3-4-12(11)26-15/h3-7,24H,2H2,1H3;3-8,23H,2H2,1H3/b23-14-;21-8+. The molecule has 0 aliphatic rings. The van der Waals surface area contributed by atoms with Gasteiger partial charge in [-0.3, -0.25) is 0 Å². The van der Waals surface area contributed by atoms with Crippen LogP contribution >= 0.6 is 35.1 Å². The van der Waals surface area contributed by atoms with Gasteiger partial charge in [-0.1, -0.05) is 35.8 Å². The summed E-state index contributed by atoms with van der Waals surface area (Å²) in [5.74, 6) is -0.840. The topological polar surface area (TPSA) is 211 Å². The summed E-state index contributed by atoms with van der Waals surface area (Å²) in [4.78, 5) is 15.6. The minimum Gasteiger partial charge on any atom is -0.435 e. The van der Waals surface area contributed by atoms with Crippen LogP contribution in [0.1, 0.15) is 25.0 Å². The van der Waals surface area contributed by atoms with Gasteiger partial charge in [-0.05, 0) is 72.1 Å². The van der Waals surface area contributed by atoms with E-state index in [9.17, 15) is 43.2 Å². The number of hydrogen-bond acceptors (Lipinski definition) is 16. The van der Waals surface area contributed by atoms with Crippen molar-refractivity contribution in [1.82, 2.24) is 19.9 Å². The second kappa shape index (κ2) is 16.9. The molecular weight excluding hydrogens is 874 g/mol. The smallest absolute Gasteiger partial charge is 0.435 e. The monoisotopic (exact) mass is 896 g/mol. The highest BCUT2D eigenvalue weighted by Gasteiger charge is 2.31. The number of nitrogens with zero attached hydrogens (tertiary/aromatic N) is 6. The third-order valence-electron chi connectivity index (χ3n) is 7.28. The third-order valence-corrected chi connectivity index (χ3v) is 12.5. The van der Waals surface area contributed by atoms with Crippen LogP contribution in [0, 0.1) is 0 Å². The number of halogens is 7. The number of oxime groups is 2. The molecule has 0 fully saturated rings. The van der Waals surface area contributed by atoms with E-state index in [2.05, 4.69) is 30.2 Å². The van der Waals surface area contributed by atoms with E-state index >= 15 is 0 Å². The lowest BCUT2D eigenvalue weighted by atomic mass is 10.2. The number of thioether (sulfide) groups is 2. The minimum absolute atomic E-state index is 0.0462. The molecule has 0 saturated heterocycles. The molecule has 0 amide bonds. The summed E-state index contributed by atoms with van der Waals surface area (Å²) < 4.78 is 136. The fourth-order valence-corrected chi connectivity index (χ4v) is 8.09. The van der Waals surface area contributed by atoms with E-state index in [1.165, 1.54) is 62.5 Å². The molecule has 4 heterocycles. The van der Waals surface area contributed by atoms with Crippen molar-refractivity contribution in [3.63, 3.8) is 0 Å². The first-order valence-electron chi connectivity index (χ1n) is 15.5. The quantitative estimate of drug-likeness (QED) is 0.0433. The lowest BCUT2D eigenvalue weighted by molar-refractivity contribution is -0.0337. The largest absolute Gasteiger partial charge is 0.446 e. The molecule has 0 aliphatic carbocycles. The van der Waals surface area contributed by atoms with Crippen LogP contribution < -0.4 is 0 Å². The van der Waals surface area contributed by atoms with Gasteiger partial charge in [0.2, 0.25) is 11.8 Å². The highest BCUT2D eigenvalue weighted by Crippen LogP contribution is 2.40. The van der Waals surface area contributed by atoms with E-state index in [1.54, 1.807) is 0 Å². The zero-order chi connectivity index (χ0) is 41.9. The summed E-state index contributed by atoms with van der Waals surface area (Å²) in [7, 11) is -7.57. The molecule has 0 spiro atoms. The molecule has 2 N–H and O–H groups in total. The molecule has 0 saturated carbocycles. The van der Waals surface area contributed by atoms with Gasteiger partial charge in [-0.25, -0.2) is 36.8 Å². The average molecular weight is 897 g/mol. The van der Waals surface area contributed by atoms with Gasteiger partial charge in [0, 0.05) is 33.3 Å². The van der Waals surface area contributed by atoms with E-state index in [4.69, 9.17) is 30.8 Å². The highest BCUT2D eigenvalue weighted by molar-refractivity contribution is 8.00. The zero-order valence-electron chi connectivity index (χ0n) is 28.6. The number of hydrogen-bond donors (Lipinski definition) is 2. The molecule has 6 aromatic rings. The van der Waals surface area contributed by atoms with Gasteiger partial charge in [0.05, 0.1) is 27.5 Å². The summed E-state index contributed by atoms with van der Waals surface area (Å²) in [5, 5.41) is 22.7. The molecule has 57 heavy (non-hydrogen) atoms. The van der Waals surface area contributed by atoms with Gasteiger partial charge >= 0.3 is 11.0 Å². The summed E-state index contributed by atoms with van der Waals surface area (Å²) in [6.45, 7) is 2.86. The van der Waals surface area contributed by atoms with Crippen LogP contribution in [0.25, 0.3) is 45.4 Å². The molecule has 0 aliphatic heterocycles. The Hall–Kier alpha value is -4.91. The molecular formula is C32H23ClF6N6O8S4. The van der Waals surface area contributed by atoms with Crippen molar-refractivity contribution in [1.29, 1.82) is 0 Å². The minimum atomic E-state index is -4.46. The predicted octanol–water partition coefficient (Wildman–Crippen LogP) is 8.77. The van der Waals surface area contributed by atoms with Gasteiger partial charge in [-0.2, -0.15) is 26.3 Å². The Morgan fingerprint density at radius 2 is 1.21 bits per heavy atom. The van der Waals surface area contributed by atoms with Crippen molar-refractivity contribution in [2.24, 2.45) is 10.3 Å². The molecule has 4 aromatic heterocycles. The molecule has 25 heteroatoms. The molecule has 0 unspecified atom stereocenters. The fourth-order valence-electron chi connectivity index (χ4n) is 4.73. The van der Waals surface area contributed by atoms with E-state index in [0.717, 1.165) is 18.5 Å². The van der Waals surface area contributed by atoms with Crippen LogP contribution in [0.5, 0.6) is 0 Å². The third kappa shape index (κ3) is 10.5. The van der Waals surface area contributed by atoms with Gasteiger partial charge in [0.1, 0.15) is 22.4 Å². The van der Waals surface area contributed by atoms with Crippen LogP contribution in [0.15, 0.2) is 99.7 Å². The first kappa shape index (κ1) is 43.2. The van der Waals surface area contributed by atoms with Crippen molar-refractivity contribution >= 4 is 88.4 Å². The summed E-state index contributed by atoms with van der Waals surface area (Å²) in [5.41, 5.74) is -8.28. The molecule has 0 atom stereocenters. The van der Waals surface area contributed by atoms with E-state index in [1.807, 2.05) is 0 Å². The first-order valence-corrected chi connectivity index (χ1v) is 20.8. The average Bonchev–Trinajstić information content (AvgIpc) is 3.77. The molecule has 2 aromatic carbocycles. The van der Waals surface area contributed by atoms with Crippen molar-refractivity contribution in [2.75, 3.05) is 11.5 Å². The normalized spacial score (nSPS) is 13.0.